The van der Waals surface area contributed by atoms with Crippen LogP contribution in [0.25, 0.3) is 0 Å². The van der Waals surface area contributed by atoms with E-state index < -0.39 is 11.8 Å². The second kappa shape index (κ2) is 11.0. The molecule has 29 heavy (non-hydrogen) atoms. The van der Waals surface area contributed by atoms with Gasteiger partial charge in [0.15, 0.2) is 11.7 Å². The van der Waals surface area contributed by atoms with Crippen molar-refractivity contribution in [3.05, 3.63) is 59.7 Å². The van der Waals surface area contributed by atoms with E-state index in [9.17, 15) is 9.59 Å². The normalized spacial score (nSPS) is 11.1. The van der Waals surface area contributed by atoms with Crippen molar-refractivity contribution in [2.24, 2.45) is 0 Å². The smallest absolute Gasteiger partial charge is 0.276 e. The molecule has 0 spiro atoms. The van der Waals surface area contributed by atoms with E-state index in [2.05, 4.69) is 16.2 Å². The van der Waals surface area contributed by atoms with Crippen molar-refractivity contribution in [1.29, 1.82) is 0 Å². The number of benzene rings is 2. The van der Waals surface area contributed by atoms with Gasteiger partial charge in [0.05, 0.1) is 6.10 Å². The molecule has 1 unspecified atom stereocenters. The van der Waals surface area contributed by atoms with Gasteiger partial charge in [-0.15, -0.1) is 0 Å². The average molecular weight is 416 g/mol. The predicted octanol–water partition coefficient (Wildman–Crippen LogP) is 2.89. The van der Waals surface area contributed by atoms with Crippen LogP contribution in [0.2, 0.25) is 0 Å². The number of aryl methyl sites for hydroxylation is 1. The summed E-state index contributed by atoms with van der Waals surface area (Å²) in [5.74, 6) is 0.377. The molecule has 0 aromatic heterocycles. The Hall–Kier alpha value is -3.13. The van der Waals surface area contributed by atoms with Gasteiger partial charge in [0.2, 0.25) is 0 Å². The molecule has 0 aliphatic carbocycles. The Morgan fingerprint density at radius 1 is 1.10 bits per heavy atom. The lowest BCUT2D eigenvalue weighted by Crippen LogP contribution is -2.49. The number of hydrazine groups is 1. The topological polar surface area (TPSA) is 88.7 Å². The van der Waals surface area contributed by atoms with Crippen LogP contribution in [0.5, 0.6) is 11.5 Å². The number of hydrogen-bond donors (Lipinski definition) is 3. The second-order valence-electron chi connectivity index (χ2n) is 6.38. The van der Waals surface area contributed by atoms with Gasteiger partial charge in [0.25, 0.3) is 11.8 Å². The molecule has 2 rings (SSSR count). The zero-order valence-corrected chi connectivity index (χ0v) is 17.5. The Labute approximate surface area is 175 Å². The molecule has 0 bridgehead atoms. The van der Waals surface area contributed by atoms with Crippen LogP contribution in [0.3, 0.4) is 0 Å². The molecule has 1 atom stereocenters. The Morgan fingerprint density at radius 2 is 1.86 bits per heavy atom. The number of para-hydroxylation sites is 1. The quantitative estimate of drug-likeness (QED) is 0.476. The molecule has 0 radical (unpaired) electrons. The van der Waals surface area contributed by atoms with E-state index in [1.807, 2.05) is 39.0 Å². The van der Waals surface area contributed by atoms with Crippen molar-refractivity contribution in [3.8, 4) is 11.5 Å². The van der Waals surface area contributed by atoms with E-state index in [1.165, 1.54) is 0 Å². The minimum Gasteiger partial charge on any atom is -0.491 e. The molecular weight excluding hydrogens is 390 g/mol. The van der Waals surface area contributed by atoms with Gasteiger partial charge < -0.3 is 9.47 Å². The highest BCUT2D eigenvalue weighted by Crippen LogP contribution is 2.16. The minimum atomic E-state index is -0.436. The van der Waals surface area contributed by atoms with Gasteiger partial charge in [0.1, 0.15) is 11.5 Å². The lowest BCUT2D eigenvalue weighted by molar-refractivity contribution is -0.123. The van der Waals surface area contributed by atoms with Crippen LogP contribution >= 0.6 is 12.2 Å². The van der Waals surface area contributed by atoms with Crippen LogP contribution in [-0.2, 0) is 4.79 Å². The third kappa shape index (κ3) is 7.42. The number of ether oxygens (including phenoxy) is 2. The first-order chi connectivity index (χ1) is 13.9. The molecule has 0 aliphatic rings. The molecule has 7 nitrogen and oxygen atoms in total. The van der Waals surface area contributed by atoms with Crippen LogP contribution in [0.1, 0.15) is 36.2 Å². The van der Waals surface area contributed by atoms with E-state index in [4.69, 9.17) is 21.7 Å². The van der Waals surface area contributed by atoms with E-state index in [0.29, 0.717) is 17.1 Å². The second-order valence-corrected chi connectivity index (χ2v) is 6.78. The highest BCUT2D eigenvalue weighted by molar-refractivity contribution is 7.80. The molecule has 0 aliphatic heterocycles. The Bertz CT molecular complexity index is 873. The monoisotopic (exact) mass is 415 g/mol. The maximum atomic E-state index is 12.3. The maximum Gasteiger partial charge on any atom is 0.276 e. The summed E-state index contributed by atoms with van der Waals surface area (Å²) in [5, 5.41) is 2.46. The number of nitrogens with one attached hydrogen (secondary N) is 3. The molecule has 0 fully saturated rings. The minimum absolute atomic E-state index is 0.0347. The summed E-state index contributed by atoms with van der Waals surface area (Å²) in [4.78, 5) is 24.2. The molecule has 2 aromatic carbocycles. The number of rotatable bonds is 7. The fourth-order valence-corrected chi connectivity index (χ4v) is 2.40. The first-order valence-electron chi connectivity index (χ1n) is 9.24. The zero-order valence-electron chi connectivity index (χ0n) is 16.7. The summed E-state index contributed by atoms with van der Waals surface area (Å²) in [6.07, 6.45) is 0.908. The highest BCUT2D eigenvalue weighted by atomic mass is 32.1. The van der Waals surface area contributed by atoms with Crippen LogP contribution in [0.4, 0.5) is 0 Å². The lowest BCUT2D eigenvalue weighted by Gasteiger charge is -2.14. The van der Waals surface area contributed by atoms with Crippen molar-refractivity contribution in [1.82, 2.24) is 16.2 Å². The van der Waals surface area contributed by atoms with Crippen molar-refractivity contribution >= 4 is 29.1 Å². The summed E-state index contributed by atoms with van der Waals surface area (Å²) >= 11 is 5.04. The van der Waals surface area contributed by atoms with Gasteiger partial charge in [-0.1, -0.05) is 31.2 Å². The van der Waals surface area contributed by atoms with Gasteiger partial charge >= 0.3 is 0 Å². The highest BCUT2D eigenvalue weighted by Gasteiger charge is 2.11. The summed E-state index contributed by atoms with van der Waals surface area (Å²) in [5.41, 5.74) is 6.18. The van der Waals surface area contributed by atoms with Gasteiger partial charge in [-0.25, -0.2) is 0 Å². The van der Waals surface area contributed by atoms with Gasteiger partial charge in [-0.2, -0.15) is 0 Å². The van der Waals surface area contributed by atoms with Crippen LogP contribution < -0.4 is 25.6 Å². The predicted molar refractivity (Wildman–Crippen MR) is 115 cm³/mol. The molecule has 2 amide bonds. The Balaban J connectivity index is 1.78. The van der Waals surface area contributed by atoms with Crippen molar-refractivity contribution in [2.45, 2.75) is 33.3 Å². The summed E-state index contributed by atoms with van der Waals surface area (Å²) in [6.45, 7) is 5.67. The first kappa shape index (κ1) is 22.2. The van der Waals surface area contributed by atoms with Gasteiger partial charge in [-0.05, 0) is 62.3 Å². The molecular formula is C21H25N3O4S. The maximum absolute atomic E-state index is 12.3. The first-order valence-corrected chi connectivity index (χ1v) is 9.65. The van der Waals surface area contributed by atoms with Crippen LogP contribution in [0.15, 0.2) is 48.5 Å². The number of hydrogen-bond acceptors (Lipinski definition) is 5. The fraction of sp³-hybridized carbons (Fsp3) is 0.286. The van der Waals surface area contributed by atoms with Crippen LogP contribution in [0, 0.1) is 6.92 Å². The van der Waals surface area contributed by atoms with Crippen LogP contribution in [-0.4, -0.2) is 29.6 Å². The Morgan fingerprint density at radius 3 is 2.59 bits per heavy atom. The average Bonchev–Trinajstić information content (AvgIpc) is 2.71. The van der Waals surface area contributed by atoms with Crippen molar-refractivity contribution in [3.63, 3.8) is 0 Å². The van der Waals surface area contributed by atoms with E-state index >= 15 is 0 Å². The SMILES string of the molecule is CCC(C)Oc1cccc(C(=O)NC(=S)NNC(=O)COc2ccccc2C)c1. The Kier molecular flexibility index (Phi) is 8.42. The number of amides is 2. The standard InChI is InChI=1S/C21H25N3O4S/c1-4-15(3)28-17-10-7-9-16(12-17)20(26)22-21(29)24-23-19(25)13-27-18-11-6-5-8-14(18)2/h5-12,15H,4,13H2,1-3H3,(H,23,25)(H2,22,24,26,29). The summed E-state index contributed by atoms with van der Waals surface area (Å²) in [7, 11) is 0. The number of carbonyl (C=O) groups is 2. The molecule has 0 heterocycles. The molecule has 0 saturated heterocycles. The van der Waals surface area contributed by atoms with E-state index in [-0.39, 0.29) is 17.8 Å². The summed E-state index contributed by atoms with van der Waals surface area (Å²) in [6, 6.07) is 14.2. The zero-order chi connectivity index (χ0) is 21.2. The van der Waals surface area contributed by atoms with Crippen molar-refractivity contribution < 1.29 is 19.1 Å². The third-order valence-electron chi connectivity index (χ3n) is 4.00. The van der Waals surface area contributed by atoms with Gasteiger partial charge in [-0.3, -0.25) is 25.8 Å². The molecule has 3 N–H and O–H groups in total. The molecule has 154 valence electrons. The van der Waals surface area contributed by atoms with E-state index in [1.54, 1.807) is 30.3 Å². The fourth-order valence-electron chi connectivity index (χ4n) is 2.26. The molecule has 2 aromatic rings. The molecule has 8 heteroatoms. The largest absolute Gasteiger partial charge is 0.491 e. The van der Waals surface area contributed by atoms with Crippen molar-refractivity contribution in [2.75, 3.05) is 6.61 Å². The number of thiocarbonyl (C=S) groups is 1. The third-order valence-corrected chi connectivity index (χ3v) is 4.21. The van der Waals surface area contributed by atoms with Gasteiger partial charge in [0, 0.05) is 5.56 Å². The molecule has 0 saturated carbocycles. The number of carbonyl (C=O) groups excluding carboxylic acids is 2. The lowest BCUT2D eigenvalue weighted by atomic mass is 10.2. The van der Waals surface area contributed by atoms with E-state index in [0.717, 1.165) is 12.0 Å². The summed E-state index contributed by atoms with van der Waals surface area (Å²) < 4.78 is 11.1.